The van der Waals surface area contributed by atoms with Gasteiger partial charge in [0.2, 0.25) is 5.52 Å². The molecule has 1 aliphatic heterocycles. The molecule has 196 valence electrons. The molecule has 0 saturated carbocycles. The molecule has 2 atom stereocenters. The highest BCUT2D eigenvalue weighted by molar-refractivity contribution is 8.03. The Morgan fingerprint density at radius 1 is 0.947 bits per heavy atom. The van der Waals surface area contributed by atoms with E-state index in [9.17, 15) is 0 Å². The third-order valence-electron chi connectivity index (χ3n) is 8.20. The number of hydrogen-bond donors (Lipinski definition) is 0. The van der Waals surface area contributed by atoms with Crippen molar-refractivity contribution in [3.05, 3.63) is 86.8 Å². The highest BCUT2D eigenvalue weighted by atomic mass is 32.2. The zero-order valence-corrected chi connectivity index (χ0v) is 26.0. The standard InChI is InChI=1S/C33H36NS4/c1-5-27-28-19-25(35-3)11-13-30(28)37-32(27)17-21-7-9-23-10-8-22(16-24(23)15-21)18-33-34(6-2)29-20-26(36-4)12-14-31(29)38-33/h11-20,23,27H,5-10H2,1-4H3/q+1. The minimum absolute atomic E-state index is 0.542. The summed E-state index contributed by atoms with van der Waals surface area (Å²) < 4.78 is 3.88. The highest BCUT2D eigenvalue weighted by Gasteiger charge is 2.29. The average molecular weight is 575 g/mol. The van der Waals surface area contributed by atoms with Gasteiger partial charge in [0.15, 0.2) is 0 Å². The maximum Gasteiger partial charge on any atom is 0.263 e. The number of thioether (sulfide) groups is 3. The van der Waals surface area contributed by atoms with Crippen LogP contribution in [0.25, 0.3) is 16.3 Å². The molecule has 0 spiro atoms. The van der Waals surface area contributed by atoms with E-state index in [1.54, 1.807) is 5.57 Å². The van der Waals surface area contributed by atoms with Gasteiger partial charge in [-0.15, -0.1) is 23.5 Å². The molecule has 3 aliphatic rings. The Balaban J connectivity index is 1.30. The van der Waals surface area contributed by atoms with Crippen LogP contribution in [0.5, 0.6) is 0 Å². The first-order chi connectivity index (χ1) is 18.6. The molecule has 0 saturated heterocycles. The minimum atomic E-state index is 0.542. The fourth-order valence-electron chi connectivity index (χ4n) is 6.14. The van der Waals surface area contributed by atoms with Crippen LogP contribution in [0.15, 0.2) is 90.9 Å². The normalized spacial score (nSPS) is 23.1. The molecular formula is C33H36NS4+. The second kappa shape index (κ2) is 11.4. The van der Waals surface area contributed by atoms with E-state index in [0.29, 0.717) is 5.92 Å². The molecule has 2 aromatic carbocycles. The van der Waals surface area contributed by atoms with Crippen LogP contribution in [0, 0.1) is 5.92 Å². The van der Waals surface area contributed by atoms with Crippen molar-refractivity contribution in [3.63, 3.8) is 0 Å². The molecular weight excluding hydrogens is 539 g/mol. The molecule has 5 heteroatoms. The molecule has 0 N–H and O–H groups in total. The van der Waals surface area contributed by atoms with Crippen molar-refractivity contribution in [1.82, 2.24) is 0 Å². The Hall–Kier alpha value is -1.66. The zero-order valence-electron chi connectivity index (χ0n) is 22.8. The molecule has 0 radical (unpaired) electrons. The number of benzene rings is 2. The largest absolute Gasteiger partial charge is 0.263 e. The summed E-state index contributed by atoms with van der Waals surface area (Å²) in [6, 6.07) is 13.9. The summed E-state index contributed by atoms with van der Waals surface area (Å²) in [5, 5.41) is 1.38. The van der Waals surface area contributed by atoms with Crippen LogP contribution in [0.2, 0.25) is 0 Å². The van der Waals surface area contributed by atoms with Gasteiger partial charge in [-0.05, 0) is 121 Å². The summed E-state index contributed by atoms with van der Waals surface area (Å²) in [7, 11) is 0. The van der Waals surface area contributed by atoms with Gasteiger partial charge in [0.1, 0.15) is 11.2 Å². The van der Waals surface area contributed by atoms with Gasteiger partial charge in [0.25, 0.3) is 5.01 Å². The van der Waals surface area contributed by atoms with Crippen molar-refractivity contribution < 1.29 is 4.57 Å². The smallest absolute Gasteiger partial charge is 0.182 e. The maximum atomic E-state index is 2.53. The Kier molecular flexibility index (Phi) is 8.00. The Morgan fingerprint density at radius 2 is 1.74 bits per heavy atom. The van der Waals surface area contributed by atoms with Crippen molar-refractivity contribution in [2.75, 3.05) is 12.5 Å². The van der Waals surface area contributed by atoms with Crippen molar-refractivity contribution in [2.45, 2.75) is 73.1 Å². The molecule has 2 unspecified atom stereocenters. The number of hydrogen-bond acceptors (Lipinski definition) is 4. The molecule has 1 aromatic heterocycles. The van der Waals surface area contributed by atoms with Gasteiger partial charge in [-0.1, -0.05) is 42.2 Å². The van der Waals surface area contributed by atoms with Crippen LogP contribution < -0.4 is 4.57 Å². The van der Waals surface area contributed by atoms with Crippen LogP contribution in [-0.2, 0) is 6.54 Å². The SMILES string of the molecule is CCC1C(=CC2=CC3=CC(=Cc4sc5ccc(SC)cc5[n+]4CC)CCC3CC2)Sc2ccc(SC)cc21. The molecule has 2 heterocycles. The van der Waals surface area contributed by atoms with E-state index in [1.807, 2.05) is 46.6 Å². The lowest BCUT2D eigenvalue weighted by molar-refractivity contribution is -0.665. The van der Waals surface area contributed by atoms with Crippen LogP contribution in [0.4, 0.5) is 0 Å². The van der Waals surface area contributed by atoms with Gasteiger partial charge in [0.05, 0.1) is 0 Å². The van der Waals surface area contributed by atoms with Crippen molar-refractivity contribution in [3.8, 4) is 0 Å². The lowest BCUT2D eigenvalue weighted by Crippen LogP contribution is -2.33. The van der Waals surface area contributed by atoms with Gasteiger partial charge in [-0.2, -0.15) is 4.57 Å². The van der Waals surface area contributed by atoms with E-state index in [2.05, 4.69) is 91.6 Å². The van der Waals surface area contributed by atoms with Crippen molar-refractivity contribution >= 4 is 62.9 Å². The van der Waals surface area contributed by atoms with Gasteiger partial charge >= 0.3 is 0 Å². The second-order valence-electron chi connectivity index (χ2n) is 10.4. The Bertz CT molecular complexity index is 1500. The van der Waals surface area contributed by atoms with Crippen molar-refractivity contribution in [2.24, 2.45) is 5.92 Å². The first-order valence-electron chi connectivity index (χ1n) is 13.8. The number of rotatable bonds is 6. The molecule has 0 amide bonds. The summed E-state index contributed by atoms with van der Waals surface area (Å²) in [6.45, 7) is 5.61. The molecule has 6 rings (SSSR count). The summed E-state index contributed by atoms with van der Waals surface area (Å²) in [5.41, 5.74) is 7.45. The third-order valence-corrected chi connectivity index (χ3v) is 12.0. The van der Waals surface area contributed by atoms with Crippen LogP contribution in [0.3, 0.4) is 0 Å². The Morgan fingerprint density at radius 3 is 2.53 bits per heavy atom. The van der Waals surface area contributed by atoms with E-state index in [0.717, 1.165) is 12.5 Å². The van der Waals surface area contributed by atoms with E-state index in [4.69, 9.17) is 0 Å². The average Bonchev–Trinajstić information content (AvgIpc) is 3.47. The highest BCUT2D eigenvalue weighted by Crippen LogP contribution is 2.52. The summed E-state index contributed by atoms with van der Waals surface area (Å²) in [4.78, 5) is 5.71. The van der Waals surface area contributed by atoms with Crippen LogP contribution in [0.1, 0.15) is 62.4 Å². The maximum absolute atomic E-state index is 2.53. The predicted molar refractivity (Wildman–Crippen MR) is 171 cm³/mol. The molecule has 1 nitrogen and oxygen atoms in total. The number of thiazole rings is 1. The number of aromatic nitrogens is 1. The fourth-order valence-corrected chi connectivity index (χ4v) is 9.56. The minimum Gasteiger partial charge on any atom is -0.182 e. The molecule has 0 fully saturated rings. The van der Waals surface area contributed by atoms with E-state index in [1.165, 1.54) is 83.6 Å². The van der Waals surface area contributed by atoms with Crippen LogP contribution in [-0.4, -0.2) is 12.5 Å². The van der Waals surface area contributed by atoms with Gasteiger partial charge in [0, 0.05) is 32.7 Å². The molecule has 2 aliphatic carbocycles. The first-order valence-corrected chi connectivity index (χ1v) is 17.9. The quantitative estimate of drug-likeness (QED) is 0.213. The van der Waals surface area contributed by atoms with E-state index >= 15 is 0 Å². The van der Waals surface area contributed by atoms with Gasteiger partial charge in [-0.25, -0.2) is 0 Å². The van der Waals surface area contributed by atoms with E-state index < -0.39 is 0 Å². The summed E-state index contributed by atoms with van der Waals surface area (Å²) in [6.07, 6.45) is 20.5. The lowest BCUT2D eigenvalue weighted by atomic mass is 9.77. The fraction of sp³-hybridized carbons (Fsp3) is 0.364. The third kappa shape index (κ3) is 5.12. The summed E-state index contributed by atoms with van der Waals surface area (Å²) >= 11 is 7.60. The van der Waals surface area contributed by atoms with Gasteiger partial charge in [-0.3, -0.25) is 0 Å². The predicted octanol–water partition coefficient (Wildman–Crippen LogP) is 10.3. The number of allylic oxidation sites excluding steroid dienone is 7. The number of aryl methyl sites for hydroxylation is 1. The van der Waals surface area contributed by atoms with Crippen molar-refractivity contribution in [1.29, 1.82) is 0 Å². The first kappa shape index (κ1) is 26.6. The monoisotopic (exact) mass is 574 g/mol. The zero-order chi connectivity index (χ0) is 26.2. The topological polar surface area (TPSA) is 3.88 Å². The molecule has 38 heavy (non-hydrogen) atoms. The Labute approximate surface area is 244 Å². The van der Waals surface area contributed by atoms with Crippen LogP contribution >= 0.6 is 46.6 Å². The number of fused-ring (bicyclic) bond motifs is 3. The molecule has 3 aromatic rings. The van der Waals surface area contributed by atoms with Gasteiger partial charge < -0.3 is 0 Å². The molecule has 0 bridgehead atoms. The summed E-state index contributed by atoms with van der Waals surface area (Å²) in [5.74, 6) is 1.26. The number of nitrogens with zero attached hydrogens (tertiary/aromatic N) is 1. The van der Waals surface area contributed by atoms with E-state index in [-0.39, 0.29) is 0 Å². The second-order valence-corrected chi connectivity index (χ2v) is 14.3. The lowest BCUT2D eigenvalue weighted by Gasteiger charge is -2.28.